The van der Waals surface area contributed by atoms with Crippen LogP contribution in [-0.2, 0) is 10.2 Å². The maximum absolute atomic E-state index is 12.6. The van der Waals surface area contributed by atoms with Crippen molar-refractivity contribution in [3.05, 3.63) is 71.8 Å². The number of carbonyl (C=O) groups is 2. The highest BCUT2D eigenvalue weighted by Crippen LogP contribution is 2.27. The van der Waals surface area contributed by atoms with Gasteiger partial charge in [-0.1, -0.05) is 60.7 Å². The Kier molecular flexibility index (Phi) is 3.47. The number of hydrogen-bond donors (Lipinski definition) is 1. The van der Waals surface area contributed by atoms with Crippen LogP contribution in [0.3, 0.4) is 0 Å². The van der Waals surface area contributed by atoms with Crippen LogP contribution < -0.4 is 5.73 Å². The van der Waals surface area contributed by atoms with Crippen LogP contribution in [0.1, 0.15) is 22.8 Å². The van der Waals surface area contributed by atoms with Crippen LogP contribution in [-0.4, -0.2) is 11.7 Å². The molecular formula is C16H15NO2. The molecular weight excluding hydrogens is 238 g/mol. The number of Topliss-reactive ketones (excluding diaryl/α,β-unsaturated/α-hetero) is 1. The van der Waals surface area contributed by atoms with Crippen molar-refractivity contribution in [2.24, 2.45) is 5.73 Å². The summed E-state index contributed by atoms with van der Waals surface area (Å²) in [5.41, 5.74) is 5.22. The molecule has 0 radical (unpaired) electrons. The summed E-state index contributed by atoms with van der Waals surface area (Å²) in [5, 5.41) is 0. The molecule has 96 valence electrons. The first-order chi connectivity index (χ1) is 9.06. The predicted molar refractivity (Wildman–Crippen MR) is 73.8 cm³/mol. The number of rotatable bonds is 4. The summed E-state index contributed by atoms with van der Waals surface area (Å²) >= 11 is 0. The molecule has 0 spiro atoms. The zero-order valence-corrected chi connectivity index (χ0v) is 10.7. The van der Waals surface area contributed by atoms with Crippen LogP contribution in [0.15, 0.2) is 60.7 Å². The van der Waals surface area contributed by atoms with E-state index in [1.54, 1.807) is 55.5 Å². The molecule has 0 heterocycles. The van der Waals surface area contributed by atoms with Gasteiger partial charge in [-0.15, -0.1) is 0 Å². The summed E-state index contributed by atoms with van der Waals surface area (Å²) in [6.07, 6.45) is 0. The summed E-state index contributed by atoms with van der Waals surface area (Å²) in [5.74, 6) is -0.931. The Morgan fingerprint density at radius 2 is 1.37 bits per heavy atom. The van der Waals surface area contributed by atoms with Gasteiger partial charge in [0.25, 0.3) is 0 Å². The first-order valence-corrected chi connectivity index (χ1v) is 6.02. The van der Waals surface area contributed by atoms with Crippen molar-refractivity contribution in [3.63, 3.8) is 0 Å². The molecule has 2 N–H and O–H groups in total. The third-order valence-electron chi connectivity index (χ3n) is 3.33. The normalized spacial score (nSPS) is 13.5. The van der Waals surface area contributed by atoms with Gasteiger partial charge in [0.1, 0.15) is 5.41 Å². The average Bonchev–Trinajstić information content (AvgIpc) is 2.47. The summed E-state index contributed by atoms with van der Waals surface area (Å²) < 4.78 is 0. The molecule has 0 saturated heterocycles. The number of ketones is 1. The first-order valence-electron chi connectivity index (χ1n) is 6.02. The van der Waals surface area contributed by atoms with E-state index in [1.807, 2.05) is 12.1 Å². The Balaban J connectivity index is 2.53. The summed E-state index contributed by atoms with van der Waals surface area (Å²) in [6, 6.07) is 17.6. The highest BCUT2D eigenvalue weighted by molar-refractivity contribution is 6.17. The summed E-state index contributed by atoms with van der Waals surface area (Å²) in [7, 11) is 0. The second-order valence-electron chi connectivity index (χ2n) is 4.55. The third-order valence-corrected chi connectivity index (χ3v) is 3.33. The second-order valence-corrected chi connectivity index (χ2v) is 4.55. The van der Waals surface area contributed by atoms with Gasteiger partial charge in [-0.3, -0.25) is 9.59 Å². The molecule has 2 aromatic carbocycles. The molecule has 0 fully saturated rings. The van der Waals surface area contributed by atoms with E-state index in [2.05, 4.69) is 0 Å². The lowest BCUT2D eigenvalue weighted by Gasteiger charge is -2.25. The van der Waals surface area contributed by atoms with Crippen molar-refractivity contribution < 1.29 is 9.59 Å². The van der Waals surface area contributed by atoms with Crippen LogP contribution in [0.4, 0.5) is 0 Å². The van der Waals surface area contributed by atoms with Crippen molar-refractivity contribution in [1.29, 1.82) is 0 Å². The SMILES string of the molecule is CC(C(N)=O)(C(=O)c1ccccc1)c1ccccc1. The second kappa shape index (κ2) is 5.06. The Bertz CT molecular complexity index is 593. The smallest absolute Gasteiger partial charge is 0.235 e. The van der Waals surface area contributed by atoms with Crippen molar-refractivity contribution in [1.82, 2.24) is 0 Å². The minimum absolute atomic E-state index is 0.285. The molecule has 0 aromatic heterocycles. The van der Waals surface area contributed by atoms with E-state index in [0.717, 1.165) is 0 Å². The van der Waals surface area contributed by atoms with E-state index in [0.29, 0.717) is 11.1 Å². The molecule has 1 amide bonds. The molecule has 1 atom stereocenters. The third kappa shape index (κ3) is 2.27. The molecule has 3 heteroatoms. The van der Waals surface area contributed by atoms with Crippen LogP contribution >= 0.6 is 0 Å². The summed E-state index contributed by atoms with van der Waals surface area (Å²) in [6.45, 7) is 1.57. The van der Waals surface area contributed by atoms with Gasteiger partial charge in [-0.2, -0.15) is 0 Å². The lowest BCUT2D eigenvalue weighted by atomic mass is 9.75. The molecule has 1 unspecified atom stereocenters. The molecule has 19 heavy (non-hydrogen) atoms. The van der Waals surface area contributed by atoms with E-state index in [-0.39, 0.29) is 5.78 Å². The molecule has 2 rings (SSSR count). The zero-order valence-electron chi connectivity index (χ0n) is 10.7. The zero-order chi connectivity index (χ0) is 13.9. The van der Waals surface area contributed by atoms with Gasteiger partial charge in [0.15, 0.2) is 5.78 Å². The fourth-order valence-electron chi connectivity index (χ4n) is 2.03. The Hall–Kier alpha value is -2.42. The maximum atomic E-state index is 12.6. The molecule has 3 nitrogen and oxygen atoms in total. The minimum atomic E-state index is -1.34. The Labute approximate surface area is 112 Å². The van der Waals surface area contributed by atoms with Gasteiger partial charge >= 0.3 is 0 Å². The summed E-state index contributed by atoms with van der Waals surface area (Å²) in [4.78, 5) is 24.4. The highest BCUT2D eigenvalue weighted by Gasteiger charge is 2.41. The van der Waals surface area contributed by atoms with Gasteiger partial charge in [0.2, 0.25) is 5.91 Å². The van der Waals surface area contributed by atoms with E-state index in [9.17, 15) is 9.59 Å². The largest absolute Gasteiger partial charge is 0.369 e. The molecule has 0 aliphatic rings. The predicted octanol–water partition coefficient (Wildman–Crippen LogP) is 2.31. The minimum Gasteiger partial charge on any atom is -0.369 e. The van der Waals surface area contributed by atoms with Gasteiger partial charge in [0, 0.05) is 5.56 Å². The maximum Gasteiger partial charge on any atom is 0.235 e. The standard InChI is InChI=1S/C16H15NO2/c1-16(15(17)19,13-10-6-3-7-11-13)14(18)12-8-4-2-5-9-12/h2-11H,1H3,(H2,17,19). The van der Waals surface area contributed by atoms with Gasteiger partial charge in [-0.05, 0) is 12.5 Å². The fourth-order valence-corrected chi connectivity index (χ4v) is 2.03. The van der Waals surface area contributed by atoms with E-state index in [4.69, 9.17) is 5.73 Å². The number of nitrogens with two attached hydrogens (primary N) is 1. The van der Waals surface area contributed by atoms with E-state index in [1.165, 1.54) is 0 Å². The number of benzene rings is 2. The Morgan fingerprint density at radius 3 is 1.84 bits per heavy atom. The molecule has 0 aliphatic heterocycles. The molecule has 0 bridgehead atoms. The van der Waals surface area contributed by atoms with Crippen LogP contribution in [0.2, 0.25) is 0 Å². The van der Waals surface area contributed by atoms with Gasteiger partial charge < -0.3 is 5.73 Å². The van der Waals surface area contributed by atoms with Gasteiger partial charge in [-0.25, -0.2) is 0 Å². The van der Waals surface area contributed by atoms with Crippen LogP contribution in [0, 0.1) is 0 Å². The lowest BCUT2D eigenvalue weighted by Crippen LogP contribution is -2.45. The first kappa shape index (κ1) is 13.0. The number of amides is 1. The number of carbonyl (C=O) groups excluding carboxylic acids is 2. The molecule has 0 aliphatic carbocycles. The number of primary amides is 1. The molecule has 2 aromatic rings. The van der Waals surface area contributed by atoms with Crippen LogP contribution in [0.5, 0.6) is 0 Å². The van der Waals surface area contributed by atoms with Crippen LogP contribution in [0.25, 0.3) is 0 Å². The average molecular weight is 253 g/mol. The number of hydrogen-bond acceptors (Lipinski definition) is 2. The van der Waals surface area contributed by atoms with Crippen molar-refractivity contribution in [3.8, 4) is 0 Å². The quantitative estimate of drug-likeness (QED) is 0.671. The highest BCUT2D eigenvalue weighted by atomic mass is 16.2. The lowest BCUT2D eigenvalue weighted by molar-refractivity contribution is -0.121. The van der Waals surface area contributed by atoms with E-state index < -0.39 is 11.3 Å². The van der Waals surface area contributed by atoms with Crippen molar-refractivity contribution in [2.45, 2.75) is 12.3 Å². The Morgan fingerprint density at radius 1 is 0.895 bits per heavy atom. The van der Waals surface area contributed by atoms with Crippen molar-refractivity contribution >= 4 is 11.7 Å². The molecule has 0 saturated carbocycles. The fraction of sp³-hybridized carbons (Fsp3) is 0.125. The van der Waals surface area contributed by atoms with E-state index >= 15 is 0 Å². The monoisotopic (exact) mass is 253 g/mol. The topological polar surface area (TPSA) is 60.2 Å². The van der Waals surface area contributed by atoms with Gasteiger partial charge in [0.05, 0.1) is 0 Å². The van der Waals surface area contributed by atoms with Crippen molar-refractivity contribution in [2.75, 3.05) is 0 Å².